The van der Waals surface area contributed by atoms with Crippen LogP contribution in [0.4, 0.5) is 0 Å². The van der Waals surface area contributed by atoms with Crippen LogP contribution in [0.3, 0.4) is 0 Å². The molecule has 38 heavy (non-hydrogen) atoms. The van der Waals surface area contributed by atoms with E-state index in [1.165, 1.54) is 5.56 Å². The average Bonchev–Trinajstić information content (AvgIpc) is 2.95. The van der Waals surface area contributed by atoms with E-state index in [4.69, 9.17) is 15.2 Å². The summed E-state index contributed by atoms with van der Waals surface area (Å²) in [6.07, 6.45) is 7.65. The Morgan fingerprint density at radius 3 is 2.05 bits per heavy atom. The van der Waals surface area contributed by atoms with Crippen molar-refractivity contribution in [3.05, 3.63) is 96.2 Å². The molecular formula is C33H42N2O3. The summed E-state index contributed by atoms with van der Waals surface area (Å²) in [6, 6.07) is 19.1. The molecule has 0 unspecified atom stereocenters. The molecule has 0 atom stereocenters. The minimum Gasteiger partial charge on any atom is -0.480 e. The smallest absolute Gasteiger partial charge is 0.317 e. The summed E-state index contributed by atoms with van der Waals surface area (Å²) >= 11 is 0. The van der Waals surface area contributed by atoms with Crippen LogP contribution in [0, 0.1) is 0 Å². The highest BCUT2D eigenvalue weighted by Gasteiger charge is 2.11. The summed E-state index contributed by atoms with van der Waals surface area (Å²) in [4.78, 5) is 15.4. The summed E-state index contributed by atoms with van der Waals surface area (Å²) in [5, 5.41) is 18.6. The number of aliphatic hydroxyl groups excluding tert-OH is 1. The van der Waals surface area contributed by atoms with Gasteiger partial charge in [0.15, 0.2) is 0 Å². The number of rotatable bonds is 11. The molecule has 1 aromatic heterocycles. The molecule has 3 rings (SSSR count). The van der Waals surface area contributed by atoms with Gasteiger partial charge >= 0.3 is 5.97 Å². The fraction of sp³-hybridized carbons (Fsp3) is 0.273. The number of carboxylic acids is 1. The highest BCUT2D eigenvalue weighted by Crippen LogP contribution is 2.30. The van der Waals surface area contributed by atoms with E-state index in [1.807, 2.05) is 45.9 Å². The molecule has 0 aliphatic heterocycles. The monoisotopic (exact) mass is 514 g/mol. The number of carboxylic acid groups (broad SMARTS) is 1. The zero-order chi connectivity index (χ0) is 28.5. The predicted molar refractivity (Wildman–Crippen MR) is 163 cm³/mol. The van der Waals surface area contributed by atoms with Crippen LogP contribution in [-0.4, -0.2) is 41.4 Å². The van der Waals surface area contributed by atoms with Crippen LogP contribution in [0.2, 0.25) is 0 Å². The molecule has 0 aliphatic carbocycles. The van der Waals surface area contributed by atoms with E-state index >= 15 is 0 Å². The number of aliphatic carboxylic acids is 1. The molecule has 0 fully saturated rings. The number of benzene rings is 2. The third-order valence-corrected chi connectivity index (χ3v) is 5.64. The molecule has 0 aliphatic rings. The molecule has 5 nitrogen and oxygen atoms in total. The van der Waals surface area contributed by atoms with Gasteiger partial charge in [0, 0.05) is 18.2 Å². The molecule has 3 aromatic rings. The average molecular weight is 515 g/mol. The first-order valence-corrected chi connectivity index (χ1v) is 13.0. The first kappa shape index (κ1) is 32.2. The van der Waals surface area contributed by atoms with Crippen molar-refractivity contribution in [1.29, 1.82) is 0 Å². The predicted octanol–water partition coefficient (Wildman–Crippen LogP) is 7.37. The molecule has 0 bridgehead atoms. The fourth-order valence-corrected chi connectivity index (χ4v) is 3.89. The van der Waals surface area contributed by atoms with Crippen molar-refractivity contribution in [3.8, 4) is 22.4 Å². The van der Waals surface area contributed by atoms with Crippen LogP contribution < -0.4 is 5.32 Å². The third kappa shape index (κ3) is 9.58. The minimum absolute atomic E-state index is 0.00792. The van der Waals surface area contributed by atoms with Gasteiger partial charge in [-0.3, -0.25) is 4.79 Å². The number of hydrogen-bond acceptors (Lipinski definition) is 4. The molecule has 0 radical (unpaired) electrons. The lowest BCUT2D eigenvalue weighted by molar-refractivity contribution is -0.135. The number of carbonyl (C=O) groups is 1. The number of nitrogens with zero attached hydrogens (tertiary/aromatic N) is 1. The van der Waals surface area contributed by atoms with Crippen molar-refractivity contribution in [1.82, 2.24) is 10.3 Å². The van der Waals surface area contributed by atoms with Gasteiger partial charge in [-0.25, -0.2) is 4.98 Å². The van der Waals surface area contributed by atoms with Gasteiger partial charge in [0.2, 0.25) is 0 Å². The van der Waals surface area contributed by atoms with Crippen molar-refractivity contribution in [3.63, 3.8) is 0 Å². The Bertz CT molecular complexity index is 1190. The lowest BCUT2D eigenvalue weighted by Crippen LogP contribution is -2.23. The second-order valence-electron chi connectivity index (χ2n) is 8.29. The van der Waals surface area contributed by atoms with Crippen LogP contribution in [0.1, 0.15) is 56.5 Å². The highest BCUT2D eigenvalue weighted by atomic mass is 16.4. The first-order valence-electron chi connectivity index (χ1n) is 13.0. The number of nitrogens with one attached hydrogen (secondary N) is 1. The lowest BCUT2D eigenvalue weighted by atomic mass is 9.96. The zero-order valence-electron chi connectivity index (χ0n) is 23.4. The van der Waals surface area contributed by atoms with Gasteiger partial charge < -0.3 is 15.5 Å². The van der Waals surface area contributed by atoms with Gasteiger partial charge in [0.25, 0.3) is 0 Å². The van der Waals surface area contributed by atoms with Gasteiger partial charge in [-0.15, -0.1) is 0 Å². The molecule has 0 saturated heterocycles. The number of hydrogen-bond donors (Lipinski definition) is 3. The first-order chi connectivity index (χ1) is 18.4. The van der Waals surface area contributed by atoms with Crippen molar-refractivity contribution in [2.75, 3.05) is 20.2 Å². The van der Waals surface area contributed by atoms with Gasteiger partial charge in [-0.05, 0) is 67.6 Å². The maximum absolute atomic E-state index is 10.5. The maximum Gasteiger partial charge on any atom is 0.317 e. The highest BCUT2D eigenvalue weighted by molar-refractivity contribution is 5.80. The molecule has 2 aromatic carbocycles. The quantitative estimate of drug-likeness (QED) is 0.233. The number of pyridine rings is 1. The molecule has 5 heteroatoms. The second kappa shape index (κ2) is 17.6. The third-order valence-electron chi connectivity index (χ3n) is 5.64. The molecule has 3 N–H and O–H groups in total. The molecule has 0 spiro atoms. The van der Waals surface area contributed by atoms with Crippen LogP contribution in [0.5, 0.6) is 0 Å². The van der Waals surface area contributed by atoms with E-state index < -0.39 is 5.97 Å². The van der Waals surface area contributed by atoms with Crippen molar-refractivity contribution >= 4 is 23.7 Å². The van der Waals surface area contributed by atoms with Crippen molar-refractivity contribution < 1.29 is 15.0 Å². The number of aromatic nitrogens is 1. The summed E-state index contributed by atoms with van der Waals surface area (Å²) in [6.45, 7) is 16.8. The SMILES string of the molecule is C=Cc1c(C(=C)C)cc(-c2ccc(-c3ccc(CCCNCC(=O)O)cc3)cc2)nc1/C=C\C.CC.CO. The normalized spacial score (nSPS) is 10.2. The van der Waals surface area contributed by atoms with Crippen molar-refractivity contribution in [2.24, 2.45) is 0 Å². The van der Waals surface area contributed by atoms with Gasteiger partial charge in [0.05, 0.1) is 17.9 Å². The van der Waals surface area contributed by atoms with Crippen molar-refractivity contribution in [2.45, 2.75) is 40.5 Å². The Balaban J connectivity index is 0.00000172. The van der Waals surface area contributed by atoms with Crippen LogP contribution >= 0.6 is 0 Å². The summed E-state index contributed by atoms with van der Waals surface area (Å²) in [5.74, 6) is -0.825. The Morgan fingerprint density at radius 2 is 1.55 bits per heavy atom. The Morgan fingerprint density at radius 1 is 1.00 bits per heavy atom. The zero-order valence-corrected chi connectivity index (χ0v) is 23.4. The fourth-order valence-electron chi connectivity index (χ4n) is 3.89. The van der Waals surface area contributed by atoms with E-state index in [9.17, 15) is 4.79 Å². The maximum atomic E-state index is 10.5. The molecule has 202 valence electrons. The van der Waals surface area contributed by atoms with E-state index in [1.54, 1.807) is 0 Å². The van der Waals surface area contributed by atoms with Crippen LogP contribution in [0.25, 0.3) is 40.1 Å². The summed E-state index contributed by atoms with van der Waals surface area (Å²) in [5.41, 5.74) is 9.46. The van der Waals surface area contributed by atoms with E-state index in [2.05, 4.69) is 73.1 Å². The van der Waals surface area contributed by atoms with E-state index in [0.29, 0.717) is 6.54 Å². The second-order valence-corrected chi connectivity index (χ2v) is 8.29. The van der Waals surface area contributed by atoms with Gasteiger partial charge in [-0.2, -0.15) is 0 Å². The Hall–Kier alpha value is -3.80. The molecular weight excluding hydrogens is 472 g/mol. The molecule has 1 heterocycles. The minimum atomic E-state index is -0.825. The van der Waals surface area contributed by atoms with Crippen LogP contribution in [0.15, 0.2) is 73.8 Å². The van der Waals surface area contributed by atoms with E-state index in [0.717, 1.165) is 64.7 Å². The number of aryl methyl sites for hydroxylation is 1. The largest absolute Gasteiger partial charge is 0.480 e. The Labute approximate surface area is 228 Å². The molecule has 0 saturated carbocycles. The lowest BCUT2D eigenvalue weighted by Gasteiger charge is -2.13. The number of aliphatic hydroxyl groups is 1. The standard InChI is InChI=1S/C30H32N2O2.C2H6.CH4O/c1-5-8-28-26(6-2)27(21(3)4)19-29(32-28)25-16-14-24(15-17-25)23-12-10-22(11-13-23)9-7-18-31-20-30(33)34;2*1-2/h5-6,8,10-17,19,31H,2-3,7,9,18,20H2,1,4H3,(H,33,34);1-2H3;2H,1H3/b8-5-;;. The molecule has 0 amide bonds. The van der Waals surface area contributed by atoms with Crippen LogP contribution in [-0.2, 0) is 11.2 Å². The summed E-state index contributed by atoms with van der Waals surface area (Å²) < 4.78 is 0. The van der Waals surface area contributed by atoms with E-state index in [-0.39, 0.29) is 6.54 Å². The Kier molecular flexibility index (Phi) is 14.9. The van der Waals surface area contributed by atoms with Gasteiger partial charge in [0.1, 0.15) is 0 Å². The van der Waals surface area contributed by atoms with Gasteiger partial charge in [-0.1, -0.05) is 93.3 Å². The number of allylic oxidation sites excluding steroid dienone is 2. The topological polar surface area (TPSA) is 82.5 Å². The summed E-state index contributed by atoms with van der Waals surface area (Å²) in [7, 11) is 1.00.